The van der Waals surface area contributed by atoms with Gasteiger partial charge in [0.25, 0.3) is 0 Å². The number of hydrogen-bond donors (Lipinski definition) is 0. The van der Waals surface area contributed by atoms with Gasteiger partial charge in [-0.2, -0.15) is 0 Å². The molecule has 0 aliphatic carbocycles. The van der Waals surface area contributed by atoms with Gasteiger partial charge >= 0.3 is 17.1 Å². The van der Waals surface area contributed by atoms with Gasteiger partial charge in [0.05, 0.1) is 17.6 Å². The maximum absolute atomic E-state index is 4.90. The Hall–Kier alpha value is -5.56. The predicted molar refractivity (Wildman–Crippen MR) is 233 cm³/mol. The first-order valence-corrected chi connectivity index (χ1v) is 19.8. The topological polar surface area (TPSA) is 72.1 Å². The average molecular weight is 800 g/mol. The monoisotopic (exact) mass is 798 g/mol. The number of aromatic nitrogens is 5. The molecule has 1 radical (unpaired) electrons. The van der Waals surface area contributed by atoms with Gasteiger partial charge in [-0.1, -0.05) is 140 Å². The van der Waals surface area contributed by atoms with E-state index in [0.717, 1.165) is 33.3 Å². The van der Waals surface area contributed by atoms with E-state index >= 15 is 0 Å². The second-order valence-electron chi connectivity index (χ2n) is 15.8. The molecule has 291 valence electrons. The van der Waals surface area contributed by atoms with Crippen molar-refractivity contribution < 1.29 is 17.1 Å². The molecule has 1 aliphatic heterocycles. The fourth-order valence-electron chi connectivity index (χ4n) is 8.01. The van der Waals surface area contributed by atoms with E-state index in [1.54, 1.807) is 18.6 Å². The van der Waals surface area contributed by atoms with Crippen LogP contribution in [0.5, 0.6) is 0 Å². The fraction of sp³-hybridized carbons (Fsp3) is 0.245. The number of anilines is 4. The Balaban J connectivity index is 0.000000181. The Labute approximate surface area is 347 Å². The van der Waals surface area contributed by atoms with Crippen LogP contribution in [0.1, 0.15) is 101 Å². The van der Waals surface area contributed by atoms with Crippen LogP contribution in [0.4, 0.5) is 22.9 Å². The molecule has 0 bridgehead atoms. The second kappa shape index (κ2) is 16.5. The number of hydrogen-bond acceptors (Lipinski definition) is 6. The summed E-state index contributed by atoms with van der Waals surface area (Å²) >= 11 is 0. The molecule has 0 saturated heterocycles. The summed E-state index contributed by atoms with van der Waals surface area (Å²) in [6.07, 6.45) is 6.91. The largest absolute Gasteiger partial charge is 2.00 e. The first-order chi connectivity index (χ1) is 27.1. The van der Waals surface area contributed by atoms with E-state index in [0.29, 0.717) is 35.2 Å². The molecule has 57 heavy (non-hydrogen) atoms. The minimum absolute atomic E-state index is 0. The van der Waals surface area contributed by atoms with Crippen molar-refractivity contribution in [3.8, 4) is 11.5 Å². The van der Waals surface area contributed by atoms with Crippen molar-refractivity contribution in [1.82, 2.24) is 24.9 Å². The minimum Gasteiger partial charge on any atom is -0.471 e. The molecule has 0 N–H and O–H groups in total. The van der Waals surface area contributed by atoms with Gasteiger partial charge in [0, 0.05) is 30.0 Å². The molecule has 0 saturated carbocycles. The van der Waals surface area contributed by atoms with Crippen LogP contribution >= 0.6 is 0 Å². The van der Waals surface area contributed by atoms with Crippen LogP contribution in [0.2, 0.25) is 0 Å². The number of para-hydroxylation sites is 2. The Bertz CT molecular complexity index is 2450. The molecule has 9 rings (SSSR count). The quantitative estimate of drug-likeness (QED) is 0.0903. The van der Waals surface area contributed by atoms with Gasteiger partial charge in [-0.25, -0.2) is 4.98 Å². The van der Waals surface area contributed by atoms with Crippen molar-refractivity contribution in [3.05, 3.63) is 151 Å². The first kappa shape index (κ1) is 39.7. The molecule has 1 aliphatic rings. The van der Waals surface area contributed by atoms with E-state index in [-0.39, 0.29) is 17.1 Å². The van der Waals surface area contributed by atoms with Crippen LogP contribution in [0.15, 0.2) is 122 Å². The summed E-state index contributed by atoms with van der Waals surface area (Å²) in [5.74, 6) is 3.31. The first-order valence-electron chi connectivity index (χ1n) is 19.8. The van der Waals surface area contributed by atoms with Crippen LogP contribution < -0.4 is 14.8 Å². The van der Waals surface area contributed by atoms with Gasteiger partial charge in [-0.15, -0.1) is 6.67 Å². The summed E-state index contributed by atoms with van der Waals surface area (Å²) < 4.78 is 0. The molecule has 8 aromatic rings. The third-order valence-electron chi connectivity index (χ3n) is 10.8. The zero-order valence-corrected chi connectivity index (χ0v) is 34.8. The van der Waals surface area contributed by atoms with E-state index in [2.05, 4.69) is 161 Å². The summed E-state index contributed by atoms with van der Waals surface area (Å²) in [6, 6.07) is 34.4. The smallest absolute Gasteiger partial charge is 0.471 e. The fourth-order valence-corrected chi connectivity index (χ4v) is 8.01. The van der Waals surface area contributed by atoms with Gasteiger partial charge in [-0.3, -0.25) is 9.97 Å². The zero-order valence-electron chi connectivity index (χ0n) is 33.9. The van der Waals surface area contributed by atoms with Crippen molar-refractivity contribution in [2.24, 2.45) is 0 Å². The van der Waals surface area contributed by atoms with Gasteiger partial charge in [-0.05, 0) is 96.5 Å². The van der Waals surface area contributed by atoms with E-state index in [4.69, 9.17) is 15.0 Å². The molecular formula is C49H49CuN7. The van der Waals surface area contributed by atoms with Crippen LogP contribution in [0, 0.1) is 6.67 Å². The second-order valence-corrected chi connectivity index (χ2v) is 15.8. The number of imidazole rings is 1. The molecule has 0 unspecified atom stereocenters. The standard InChI is InChI=1S/C30H38N3.C19H11N4.Cu/c1-19(2)23-12-9-13-24(20(3)4)28(23)32-18-33(30-27(32)16-11-17-31-30)29-25(21(5)6)14-10-15-26(29)22(7)8;1-3-7-14-12(5-1)13-6-2-4-8-15(13)18-17(14)22-19(23-18)16-11-20-9-10-21-16;/h9-22H,1-8H3;1-11H;/q2*-1;+2. The molecule has 5 aromatic carbocycles. The zero-order chi connectivity index (χ0) is 39.1. The molecule has 0 fully saturated rings. The number of pyridine rings is 1. The SMILES string of the molecule is CC(C)c1cccc(C(C)C)c1N1[CH-]N(c2c(C(C)C)cccc2C(C)C)c2ncccc21.[Cu+2].c1ccc2c(c1)c1ccccc1c1[n-]c(-c3cnccn3)nc21. The molecule has 3 aromatic heterocycles. The van der Waals surface area contributed by atoms with E-state index in [1.165, 1.54) is 44.4 Å². The molecule has 0 atom stereocenters. The van der Waals surface area contributed by atoms with Crippen molar-refractivity contribution >= 4 is 55.5 Å². The summed E-state index contributed by atoms with van der Waals surface area (Å²) in [6.45, 7) is 20.5. The third kappa shape index (κ3) is 7.29. The number of fused-ring (bicyclic) bond motifs is 7. The van der Waals surface area contributed by atoms with Crippen LogP contribution in [-0.2, 0) is 17.1 Å². The normalized spacial score (nSPS) is 12.6. The van der Waals surface area contributed by atoms with Gasteiger partial charge < -0.3 is 19.8 Å². The van der Waals surface area contributed by atoms with Gasteiger partial charge in [0.2, 0.25) is 0 Å². The Morgan fingerprint density at radius 3 is 1.60 bits per heavy atom. The van der Waals surface area contributed by atoms with Crippen LogP contribution in [0.25, 0.3) is 44.1 Å². The van der Waals surface area contributed by atoms with Crippen molar-refractivity contribution in [2.45, 2.75) is 79.1 Å². The average Bonchev–Trinajstić information content (AvgIpc) is 3.84. The van der Waals surface area contributed by atoms with Gasteiger partial charge in [0.1, 0.15) is 5.82 Å². The van der Waals surface area contributed by atoms with E-state index in [1.807, 2.05) is 24.4 Å². The Morgan fingerprint density at radius 2 is 1.05 bits per heavy atom. The predicted octanol–water partition coefficient (Wildman–Crippen LogP) is 12.9. The minimum atomic E-state index is 0. The molecule has 4 heterocycles. The molecule has 0 spiro atoms. The molecule has 7 nitrogen and oxygen atoms in total. The van der Waals surface area contributed by atoms with E-state index in [9.17, 15) is 0 Å². The number of benzene rings is 5. The van der Waals surface area contributed by atoms with Crippen LogP contribution in [-0.4, -0.2) is 19.9 Å². The summed E-state index contributed by atoms with van der Waals surface area (Å²) in [5.41, 5.74) is 11.7. The summed E-state index contributed by atoms with van der Waals surface area (Å²) in [5, 5.41) is 4.62. The van der Waals surface area contributed by atoms with Crippen molar-refractivity contribution in [2.75, 3.05) is 9.80 Å². The maximum Gasteiger partial charge on any atom is 2.00 e. The van der Waals surface area contributed by atoms with E-state index < -0.39 is 0 Å². The Kier molecular flexibility index (Phi) is 11.5. The number of rotatable bonds is 7. The van der Waals surface area contributed by atoms with Crippen LogP contribution in [0.3, 0.4) is 0 Å². The maximum atomic E-state index is 4.90. The van der Waals surface area contributed by atoms with Gasteiger partial charge in [0.15, 0.2) is 0 Å². The molecular weight excluding hydrogens is 750 g/mol. The molecule has 8 heteroatoms. The van der Waals surface area contributed by atoms with Crippen molar-refractivity contribution in [1.29, 1.82) is 0 Å². The summed E-state index contributed by atoms with van der Waals surface area (Å²) in [4.78, 5) is 27.5. The summed E-state index contributed by atoms with van der Waals surface area (Å²) in [7, 11) is 0. The van der Waals surface area contributed by atoms with Crippen molar-refractivity contribution in [3.63, 3.8) is 0 Å². The number of nitrogens with zero attached hydrogens (tertiary/aromatic N) is 7. The molecule has 0 amide bonds. The third-order valence-corrected chi connectivity index (χ3v) is 10.8. The Morgan fingerprint density at radius 1 is 0.526 bits per heavy atom.